The maximum Gasteiger partial charge on any atom is 0.277 e. The Bertz CT molecular complexity index is 1090. The van der Waals surface area contributed by atoms with E-state index in [1.54, 1.807) is 18.0 Å². The van der Waals surface area contributed by atoms with Crippen molar-refractivity contribution in [1.29, 1.82) is 0 Å². The highest BCUT2D eigenvalue weighted by Gasteiger charge is 2.11. The number of fused-ring (bicyclic) bond motifs is 3. The zero-order valence-electron chi connectivity index (χ0n) is 13.5. The van der Waals surface area contributed by atoms with E-state index in [4.69, 9.17) is 4.74 Å². The SMILES string of the molecule is COc1ccc(Cn2cnc3c([nH]c4cc(C)ccc43)c2=O)cc1. The van der Waals surface area contributed by atoms with Crippen molar-refractivity contribution in [1.82, 2.24) is 14.5 Å². The highest BCUT2D eigenvalue weighted by Crippen LogP contribution is 2.22. The Morgan fingerprint density at radius 1 is 1.17 bits per heavy atom. The van der Waals surface area contributed by atoms with Crippen molar-refractivity contribution in [3.8, 4) is 5.75 Å². The van der Waals surface area contributed by atoms with E-state index in [0.29, 0.717) is 12.1 Å². The second-order valence-corrected chi connectivity index (χ2v) is 5.92. The molecule has 0 bridgehead atoms. The molecular formula is C19H17N3O2. The molecule has 0 saturated carbocycles. The summed E-state index contributed by atoms with van der Waals surface area (Å²) in [6, 6.07) is 13.7. The van der Waals surface area contributed by atoms with Crippen molar-refractivity contribution in [2.75, 3.05) is 7.11 Å². The summed E-state index contributed by atoms with van der Waals surface area (Å²) in [4.78, 5) is 20.5. The van der Waals surface area contributed by atoms with E-state index < -0.39 is 0 Å². The molecule has 2 aromatic carbocycles. The van der Waals surface area contributed by atoms with Crippen LogP contribution in [0.15, 0.2) is 53.6 Å². The maximum absolute atomic E-state index is 12.8. The Hall–Kier alpha value is -3.08. The number of hydrogen-bond donors (Lipinski definition) is 1. The summed E-state index contributed by atoms with van der Waals surface area (Å²) in [7, 11) is 1.63. The lowest BCUT2D eigenvalue weighted by atomic mass is 10.2. The number of H-pyrrole nitrogens is 1. The highest BCUT2D eigenvalue weighted by molar-refractivity contribution is 6.04. The predicted molar refractivity (Wildman–Crippen MR) is 94.7 cm³/mol. The first kappa shape index (κ1) is 14.5. The van der Waals surface area contributed by atoms with E-state index >= 15 is 0 Å². The van der Waals surface area contributed by atoms with Gasteiger partial charge in [0.15, 0.2) is 0 Å². The Balaban J connectivity index is 1.80. The zero-order valence-corrected chi connectivity index (χ0v) is 13.5. The molecule has 120 valence electrons. The minimum absolute atomic E-state index is 0.0651. The molecule has 0 unspecified atom stereocenters. The fraction of sp³-hybridized carbons (Fsp3) is 0.158. The minimum atomic E-state index is -0.0651. The number of aromatic amines is 1. The third-order valence-corrected chi connectivity index (χ3v) is 4.24. The van der Waals surface area contributed by atoms with Crippen LogP contribution in [0.4, 0.5) is 0 Å². The average Bonchev–Trinajstić information content (AvgIpc) is 2.96. The van der Waals surface area contributed by atoms with Gasteiger partial charge in [0.1, 0.15) is 16.8 Å². The number of ether oxygens (including phenoxy) is 1. The van der Waals surface area contributed by atoms with Gasteiger partial charge < -0.3 is 9.72 Å². The lowest BCUT2D eigenvalue weighted by molar-refractivity contribution is 0.414. The number of hydrogen-bond acceptors (Lipinski definition) is 3. The lowest BCUT2D eigenvalue weighted by Gasteiger charge is -2.06. The van der Waals surface area contributed by atoms with Crippen molar-refractivity contribution in [2.45, 2.75) is 13.5 Å². The van der Waals surface area contributed by atoms with Gasteiger partial charge in [-0.3, -0.25) is 9.36 Å². The van der Waals surface area contributed by atoms with Crippen LogP contribution < -0.4 is 10.3 Å². The molecule has 5 heteroatoms. The van der Waals surface area contributed by atoms with Crippen LogP contribution >= 0.6 is 0 Å². The van der Waals surface area contributed by atoms with Crippen LogP contribution in [-0.2, 0) is 6.54 Å². The van der Waals surface area contributed by atoms with Gasteiger partial charge in [0, 0.05) is 10.9 Å². The van der Waals surface area contributed by atoms with Crippen molar-refractivity contribution in [2.24, 2.45) is 0 Å². The quantitative estimate of drug-likeness (QED) is 0.630. The van der Waals surface area contributed by atoms with Gasteiger partial charge in [0.25, 0.3) is 5.56 Å². The summed E-state index contributed by atoms with van der Waals surface area (Å²) in [5.74, 6) is 0.797. The van der Waals surface area contributed by atoms with Gasteiger partial charge >= 0.3 is 0 Å². The molecule has 0 amide bonds. The van der Waals surface area contributed by atoms with E-state index in [9.17, 15) is 4.79 Å². The topological polar surface area (TPSA) is 59.9 Å². The van der Waals surface area contributed by atoms with Crippen LogP contribution in [0.2, 0.25) is 0 Å². The van der Waals surface area contributed by atoms with Crippen LogP contribution in [0.1, 0.15) is 11.1 Å². The first-order valence-corrected chi connectivity index (χ1v) is 7.76. The van der Waals surface area contributed by atoms with Crippen LogP contribution in [0, 0.1) is 6.92 Å². The molecular weight excluding hydrogens is 302 g/mol. The number of nitrogens with one attached hydrogen (secondary N) is 1. The molecule has 1 N–H and O–H groups in total. The van der Waals surface area contributed by atoms with Gasteiger partial charge in [0.2, 0.25) is 0 Å². The van der Waals surface area contributed by atoms with Crippen molar-refractivity contribution in [3.63, 3.8) is 0 Å². The van der Waals surface area contributed by atoms with Crippen LogP contribution in [0.3, 0.4) is 0 Å². The maximum atomic E-state index is 12.8. The van der Waals surface area contributed by atoms with Crippen molar-refractivity contribution in [3.05, 3.63) is 70.3 Å². The zero-order chi connectivity index (χ0) is 16.7. The summed E-state index contributed by atoms with van der Waals surface area (Å²) >= 11 is 0. The number of methoxy groups -OCH3 is 1. The van der Waals surface area contributed by atoms with Crippen molar-refractivity contribution < 1.29 is 4.74 Å². The molecule has 0 saturated heterocycles. The minimum Gasteiger partial charge on any atom is -0.497 e. The normalized spacial score (nSPS) is 11.2. The molecule has 0 aliphatic heterocycles. The Morgan fingerprint density at radius 3 is 2.71 bits per heavy atom. The molecule has 0 radical (unpaired) electrons. The number of aromatic nitrogens is 3. The van der Waals surface area contributed by atoms with Crippen molar-refractivity contribution >= 4 is 21.9 Å². The second-order valence-electron chi connectivity index (χ2n) is 5.92. The van der Waals surface area contributed by atoms with E-state index in [-0.39, 0.29) is 5.56 Å². The fourth-order valence-corrected chi connectivity index (χ4v) is 2.95. The second kappa shape index (κ2) is 5.53. The average molecular weight is 319 g/mol. The molecule has 0 aliphatic carbocycles. The van der Waals surface area contributed by atoms with Gasteiger partial charge in [-0.1, -0.05) is 24.3 Å². The van der Waals surface area contributed by atoms with Gasteiger partial charge in [-0.05, 0) is 36.2 Å². The molecule has 0 spiro atoms. The monoisotopic (exact) mass is 319 g/mol. The fourth-order valence-electron chi connectivity index (χ4n) is 2.95. The molecule has 5 nitrogen and oxygen atoms in total. The predicted octanol–water partition coefficient (Wildman–Crippen LogP) is 3.24. The van der Waals surface area contributed by atoms with Crippen LogP contribution in [0.25, 0.3) is 21.9 Å². The summed E-state index contributed by atoms with van der Waals surface area (Å²) in [5.41, 5.74) is 4.31. The third kappa shape index (κ3) is 2.34. The molecule has 2 aromatic heterocycles. The summed E-state index contributed by atoms with van der Waals surface area (Å²) < 4.78 is 6.78. The summed E-state index contributed by atoms with van der Waals surface area (Å²) in [5, 5.41) is 0.976. The van der Waals surface area contributed by atoms with E-state index in [0.717, 1.165) is 33.3 Å². The van der Waals surface area contributed by atoms with Gasteiger partial charge in [-0.25, -0.2) is 4.98 Å². The number of aryl methyl sites for hydroxylation is 1. The number of rotatable bonds is 3. The molecule has 0 atom stereocenters. The number of nitrogens with zero attached hydrogens (tertiary/aromatic N) is 2. The van der Waals surface area contributed by atoms with Gasteiger partial charge in [-0.15, -0.1) is 0 Å². The Kier molecular flexibility index (Phi) is 3.34. The van der Waals surface area contributed by atoms with Crippen LogP contribution in [0.5, 0.6) is 5.75 Å². The standard InChI is InChI=1S/C19H17N3O2/c1-12-3-8-15-16(9-12)21-18-17(15)20-11-22(19(18)23)10-13-4-6-14(24-2)7-5-13/h3-9,11,21H,10H2,1-2H3. The molecule has 24 heavy (non-hydrogen) atoms. The third-order valence-electron chi connectivity index (χ3n) is 4.24. The molecule has 4 rings (SSSR count). The van der Waals surface area contributed by atoms with Gasteiger partial charge in [0.05, 0.1) is 20.0 Å². The number of benzene rings is 2. The highest BCUT2D eigenvalue weighted by atomic mass is 16.5. The smallest absolute Gasteiger partial charge is 0.277 e. The Labute approximate surface area is 138 Å². The van der Waals surface area contributed by atoms with E-state index in [1.807, 2.05) is 49.4 Å². The largest absolute Gasteiger partial charge is 0.497 e. The summed E-state index contributed by atoms with van der Waals surface area (Å²) in [6.07, 6.45) is 1.61. The van der Waals surface area contributed by atoms with Gasteiger partial charge in [-0.2, -0.15) is 0 Å². The van der Waals surface area contributed by atoms with Crippen LogP contribution in [-0.4, -0.2) is 21.6 Å². The van der Waals surface area contributed by atoms with E-state index in [2.05, 4.69) is 9.97 Å². The first-order chi connectivity index (χ1) is 11.7. The molecule has 4 aromatic rings. The molecule has 0 aliphatic rings. The molecule has 2 heterocycles. The molecule has 0 fully saturated rings. The Morgan fingerprint density at radius 2 is 1.96 bits per heavy atom. The van der Waals surface area contributed by atoms with E-state index in [1.165, 1.54) is 0 Å². The summed E-state index contributed by atoms with van der Waals surface area (Å²) in [6.45, 7) is 2.50. The first-order valence-electron chi connectivity index (χ1n) is 7.76. The lowest BCUT2D eigenvalue weighted by Crippen LogP contribution is -2.21.